The van der Waals surface area contributed by atoms with Crippen molar-refractivity contribution in [3.8, 4) is 11.5 Å². The molecule has 3 rings (SSSR count). The van der Waals surface area contributed by atoms with Crippen molar-refractivity contribution in [2.75, 3.05) is 17.7 Å². The lowest BCUT2D eigenvalue weighted by Crippen LogP contribution is -2.30. The standard InChI is InChI=1S/C12H12N4O2/c1-16-9-4-2-8(11-14-15-12(13)18-11)6-7(9)3-5-10(16)17/h2,4,6H,3,5H2,1H3,(H2,13,15). The van der Waals surface area contributed by atoms with Gasteiger partial charge in [0.05, 0.1) is 0 Å². The van der Waals surface area contributed by atoms with E-state index in [1.807, 2.05) is 18.2 Å². The smallest absolute Gasteiger partial charge is 0.313 e. The van der Waals surface area contributed by atoms with E-state index in [0.717, 1.165) is 23.2 Å². The van der Waals surface area contributed by atoms with Gasteiger partial charge in [-0.25, -0.2) is 0 Å². The van der Waals surface area contributed by atoms with Crippen LogP contribution in [0, 0.1) is 0 Å². The van der Waals surface area contributed by atoms with Gasteiger partial charge in [-0.2, -0.15) is 0 Å². The minimum Gasteiger partial charge on any atom is -0.404 e. The van der Waals surface area contributed by atoms with Crippen LogP contribution in [0.5, 0.6) is 0 Å². The van der Waals surface area contributed by atoms with Gasteiger partial charge >= 0.3 is 6.01 Å². The molecule has 1 aliphatic heterocycles. The first-order chi connectivity index (χ1) is 8.65. The zero-order valence-corrected chi connectivity index (χ0v) is 9.88. The van der Waals surface area contributed by atoms with E-state index in [4.69, 9.17) is 10.2 Å². The van der Waals surface area contributed by atoms with E-state index in [2.05, 4.69) is 10.2 Å². The van der Waals surface area contributed by atoms with Crippen LogP contribution in [-0.2, 0) is 11.2 Å². The summed E-state index contributed by atoms with van der Waals surface area (Å²) in [6, 6.07) is 5.75. The molecule has 0 radical (unpaired) electrons. The summed E-state index contributed by atoms with van der Waals surface area (Å²) in [7, 11) is 1.78. The quantitative estimate of drug-likeness (QED) is 0.815. The SMILES string of the molecule is CN1C(=O)CCc2cc(-c3nnc(N)o3)ccc21. The maximum Gasteiger partial charge on any atom is 0.313 e. The second kappa shape index (κ2) is 3.83. The second-order valence-corrected chi connectivity index (χ2v) is 4.24. The Bertz CT molecular complexity index is 620. The lowest BCUT2D eigenvalue weighted by Gasteiger charge is -2.25. The molecule has 1 amide bonds. The van der Waals surface area contributed by atoms with Gasteiger partial charge in [0, 0.05) is 24.7 Å². The molecule has 0 saturated heterocycles. The Morgan fingerprint density at radius 1 is 1.33 bits per heavy atom. The molecular weight excluding hydrogens is 232 g/mol. The van der Waals surface area contributed by atoms with E-state index >= 15 is 0 Å². The summed E-state index contributed by atoms with van der Waals surface area (Å²) in [6.45, 7) is 0. The number of nitrogens with two attached hydrogens (primary N) is 1. The van der Waals surface area contributed by atoms with Gasteiger partial charge in [0.25, 0.3) is 0 Å². The number of carbonyl (C=O) groups is 1. The Balaban J connectivity index is 2.04. The number of nitrogen functional groups attached to an aromatic ring is 1. The number of benzene rings is 1. The Morgan fingerprint density at radius 3 is 2.89 bits per heavy atom. The number of amides is 1. The van der Waals surface area contributed by atoms with Crippen LogP contribution in [-0.4, -0.2) is 23.2 Å². The largest absolute Gasteiger partial charge is 0.404 e. The molecule has 1 aromatic carbocycles. The van der Waals surface area contributed by atoms with Gasteiger partial charge in [-0.3, -0.25) is 4.79 Å². The van der Waals surface area contributed by atoms with Crippen LogP contribution < -0.4 is 10.6 Å². The molecule has 0 fully saturated rings. The molecule has 0 saturated carbocycles. The summed E-state index contributed by atoms with van der Waals surface area (Å²) >= 11 is 0. The summed E-state index contributed by atoms with van der Waals surface area (Å²) < 4.78 is 5.18. The molecule has 6 heteroatoms. The highest BCUT2D eigenvalue weighted by Gasteiger charge is 2.21. The number of rotatable bonds is 1. The van der Waals surface area contributed by atoms with Crippen molar-refractivity contribution >= 4 is 17.6 Å². The van der Waals surface area contributed by atoms with Gasteiger partial charge in [-0.05, 0) is 30.2 Å². The van der Waals surface area contributed by atoms with E-state index < -0.39 is 0 Å². The molecule has 92 valence electrons. The van der Waals surface area contributed by atoms with E-state index in [-0.39, 0.29) is 11.9 Å². The first kappa shape index (κ1) is 10.8. The molecule has 0 spiro atoms. The Hall–Kier alpha value is -2.37. The Labute approximate surface area is 103 Å². The van der Waals surface area contributed by atoms with E-state index in [0.29, 0.717) is 12.3 Å². The van der Waals surface area contributed by atoms with Crippen LogP contribution in [0.3, 0.4) is 0 Å². The lowest BCUT2D eigenvalue weighted by atomic mass is 9.99. The number of hydrogen-bond donors (Lipinski definition) is 1. The molecule has 1 aliphatic rings. The predicted molar refractivity (Wildman–Crippen MR) is 65.9 cm³/mol. The fourth-order valence-electron chi connectivity index (χ4n) is 2.14. The third kappa shape index (κ3) is 1.62. The Kier molecular flexibility index (Phi) is 2.29. The predicted octanol–water partition coefficient (Wildman–Crippen LogP) is 1.23. The zero-order chi connectivity index (χ0) is 12.7. The normalized spacial score (nSPS) is 14.7. The number of carbonyl (C=O) groups excluding carboxylic acids is 1. The van der Waals surface area contributed by atoms with Crippen LogP contribution in [0.25, 0.3) is 11.5 Å². The van der Waals surface area contributed by atoms with Gasteiger partial charge < -0.3 is 15.1 Å². The van der Waals surface area contributed by atoms with Crippen molar-refractivity contribution < 1.29 is 9.21 Å². The number of hydrogen-bond acceptors (Lipinski definition) is 5. The molecule has 6 nitrogen and oxygen atoms in total. The summed E-state index contributed by atoms with van der Waals surface area (Å²) in [5.41, 5.74) is 8.26. The monoisotopic (exact) mass is 244 g/mol. The molecule has 2 heterocycles. The van der Waals surface area contributed by atoms with Gasteiger partial charge in [0.15, 0.2) is 0 Å². The maximum absolute atomic E-state index is 11.6. The minimum atomic E-state index is 0.0509. The molecule has 0 unspecified atom stereocenters. The van der Waals surface area contributed by atoms with Crippen molar-refractivity contribution in [1.82, 2.24) is 10.2 Å². The van der Waals surface area contributed by atoms with Crippen LogP contribution in [0.4, 0.5) is 11.7 Å². The zero-order valence-electron chi connectivity index (χ0n) is 9.88. The number of aromatic nitrogens is 2. The number of aryl methyl sites for hydroxylation is 1. The summed E-state index contributed by atoms with van der Waals surface area (Å²) in [5, 5.41) is 7.48. The van der Waals surface area contributed by atoms with E-state index in [1.54, 1.807) is 11.9 Å². The summed E-state index contributed by atoms with van der Waals surface area (Å²) in [6.07, 6.45) is 1.26. The molecule has 0 atom stereocenters. The Morgan fingerprint density at radius 2 is 2.17 bits per heavy atom. The highest BCUT2D eigenvalue weighted by Crippen LogP contribution is 2.30. The first-order valence-electron chi connectivity index (χ1n) is 5.64. The molecular formula is C12H12N4O2. The van der Waals surface area contributed by atoms with Gasteiger partial charge in [0.2, 0.25) is 11.8 Å². The molecule has 2 N–H and O–H groups in total. The van der Waals surface area contributed by atoms with Gasteiger partial charge in [-0.1, -0.05) is 5.10 Å². The number of fused-ring (bicyclic) bond motifs is 1. The van der Waals surface area contributed by atoms with Crippen LogP contribution in [0.15, 0.2) is 22.6 Å². The topological polar surface area (TPSA) is 85.2 Å². The van der Waals surface area contributed by atoms with Crippen molar-refractivity contribution in [3.63, 3.8) is 0 Å². The molecule has 1 aromatic heterocycles. The fraction of sp³-hybridized carbons (Fsp3) is 0.250. The van der Waals surface area contributed by atoms with Crippen molar-refractivity contribution in [2.45, 2.75) is 12.8 Å². The van der Waals surface area contributed by atoms with Crippen molar-refractivity contribution in [1.29, 1.82) is 0 Å². The summed E-state index contributed by atoms with van der Waals surface area (Å²) in [4.78, 5) is 13.3. The number of nitrogens with zero attached hydrogens (tertiary/aromatic N) is 3. The van der Waals surface area contributed by atoms with Crippen molar-refractivity contribution in [3.05, 3.63) is 23.8 Å². The van der Waals surface area contributed by atoms with Crippen LogP contribution >= 0.6 is 0 Å². The maximum atomic E-state index is 11.6. The third-order valence-electron chi connectivity index (χ3n) is 3.11. The van der Waals surface area contributed by atoms with Gasteiger partial charge in [-0.15, -0.1) is 5.10 Å². The van der Waals surface area contributed by atoms with Crippen LogP contribution in [0.1, 0.15) is 12.0 Å². The van der Waals surface area contributed by atoms with E-state index in [1.165, 1.54) is 0 Å². The minimum absolute atomic E-state index is 0.0509. The highest BCUT2D eigenvalue weighted by molar-refractivity contribution is 5.96. The van der Waals surface area contributed by atoms with Gasteiger partial charge in [0.1, 0.15) is 0 Å². The highest BCUT2D eigenvalue weighted by atomic mass is 16.4. The number of anilines is 2. The molecule has 0 bridgehead atoms. The third-order valence-corrected chi connectivity index (χ3v) is 3.11. The van der Waals surface area contributed by atoms with Crippen molar-refractivity contribution in [2.24, 2.45) is 0 Å². The average Bonchev–Trinajstić information content (AvgIpc) is 2.80. The van der Waals surface area contributed by atoms with Crippen LogP contribution in [0.2, 0.25) is 0 Å². The molecule has 0 aliphatic carbocycles. The summed E-state index contributed by atoms with van der Waals surface area (Å²) in [5.74, 6) is 0.534. The first-order valence-corrected chi connectivity index (χ1v) is 5.64. The fourth-order valence-corrected chi connectivity index (χ4v) is 2.14. The second-order valence-electron chi connectivity index (χ2n) is 4.24. The average molecular weight is 244 g/mol. The van der Waals surface area contributed by atoms with E-state index in [9.17, 15) is 4.79 Å². The molecule has 2 aromatic rings. The lowest BCUT2D eigenvalue weighted by molar-refractivity contribution is -0.118. The molecule has 18 heavy (non-hydrogen) atoms.